The van der Waals surface area contributed by atoms with Crippen molar-refractivity contribution in [1.82, 2.24) is 24.6 Å². The zero-order valence-corrected chi connectivity index (χ0v) is 21.8. The molecule has 2 aromatic carbocycles. The molecular formula is C28H29FN6O3. The maximum Gasteiger partial charge on any atom is 0.219 e. The molecule has 5 rings (SSSR count). The molecule has 4 aromatic rings. The molecule has 0 N–H and O–H groups in total. The van der Waals surface area contributed by atoms with Gasteiger partial charge >= 0.3 is 0 Å². The molecule has 1 amide bonds. The molecule has 10 heteroatoms. The van der Waals surface area contributed by atoms with Gasteiger partial charge in [0.2, 0.25) is 5.91 Å². The van der Waals surface area contributed by atoms with Gasteiger partial charge in [0.05, 0.1) is 30.1 Å². The highest BCUT2D eigenvalue weighted by atomic mass is 19.1. The molecule has 0 radical (unpaired) electrons. The smallest absolute Gasteiger partial charge is 0.219 e. The van der Waals surface area contributed by atoms with Gasteiger partial charge in [-0.2, -0.15) is 5.10 Å². The number of likely N-dealkylation sites (tertiary alicyclic amines) is 1. The first-order valence-electron chi connectivity index (χ1n) is 12.4. The third-order valence-corrected chi connectivity index (χ3v) is 7.21. The lowest BCUT2D eigenvalue weighted by Crippen LogP contribution is -2.36. The summed E-state index contributed by atoms with van der Waals surface area (Å²) >= 11 is 0. The molecule has 1 fully saturated rings. The van der Waals surface area contributed by atoms with Gasteiger partial charge in [-0.15, -0.1) is 0 Å². The Morgan fingerprint density at radius 1 is 1.21 bits per heavy atom. The van der Waals surface area contributed by atoms with Crippen molar-refractivity contribution in [3.05, 3.63) is 65.9 Å². The molecule has 0 spiro atoms. The number of ketones is 1. The number of methoxy groups -OCH3 is 1. The second-order valence-corrected chi connectivity index (χ2v) is 9.48. The van der Waals surface area contributed by atoms with Crippen molar-refractivity contribution in [3.63, 3.8) is 0 Å². The van der Waals surface area contributed by atoms with E-state index in [0.717, 1.165) is 28.6 Å². The predicted octanol–water partition coefficient (Wildman–Crippen LogP) is 3.66. The Kier molecular flexibility index (Phi) is 6.79. The highest BCUT2D eigenvalue weighted by Crippen LogP contribution is 2.34. The topological polar surface area (TPSA) is 93.5 Å². The minimum absolute atomic E-state index is 0.0573. The minimum Gasteiger partial charge on any atom is -0.496 e. The van der Waals surface area contributed by atoms with E-state index >= 15 is 0 Å². The molecule has 1 aliphatic heterocycles. The van der Waals surface area contributed by atoms with Crippen molar-refractivity contribution in [2.24, 2.45) is 7.05 Å². The van der Waals surface area contributed by atoms with Crippen LogP contribution in [0.3, 0.4) is 0 Å². The number of hydrogen-bond donors (Lipinski definition) is 0. The fraction of sp³-hybridized carbons (Fsp3) is 0.321. The molecular weight excluding hydrogens is 487 g/mol. The Labute approximate surface area is 219 Å². The SMILES string of the molecule is COc1cccc(F)c1-c1nccc(C(=O)Cc2ccc3c(cnn3C)c2N(C)[C@H]2CCN(C(C)=O)C2)n1. The summed E-state index contributed by atoms with van der Waals surface area (Å²) in [7, 11) is 5.32. The Morgan fingerprint density at radius 2 is 2.03 bits per heavy atom. The number of rotatable bonds is 7. The summed E-state index contributed by atoms with van der Waals surface area (Å²) in [4.78, 5) is 38.0. The van der Waals surface area contributed by atoms with Gasteiger partial charge in [0, 0.05) is 58.2 Å². The third kappa shape index (κ3) is 4.57. The standard InChI is InChI=1S/C28H29FN6O3/c1-17(36)35-13-11-19(16-35)33(2)27-18(8-9-23-20(27)15-31-34(23)3)14-24(37)22-10-12-30-28(32-22)26-21(29)6-5-7-25(26)38-4/h5-10,12,15,19H,11,13-14,16H2,1-4H3/t19-/m0/s1. The van der Waals surface area contributed by atoms with Gasteiger partial charge in [-0.05, 0) is 36.2 Å². The average Bonchev–Trinajstić information content (AvgIpc) is 3.56. The van der Waals surface area contributed by atoms with Crippen LogP contribution in [0.4, 0.5) is 10.1 Å². The normalized spacial score (nSPS) is 15.2. The maximum atomic E-state index is 14.6. The van der Waals surface area contributed by atoms with Crippen molar-refractivity contribution < 1.29 is 18.7 Å². The fourth-order valence-corrected chi connectivity index (χ4v) is 5.13. The number of aromatic nitrogens is 4. The van der Waals surface area contributed by atoms with E-state index in [1.807, 2.05) is 31.1 Å². The van der Waals surface area contributed by atoms with Crippen molar-refractivity contribution >= 4 is 28.3 Å². The van der Waals surface area contributed by atoms with E-state index in [-0.39, 0.29) is 47.0 Å². The van der Waals surface area contributed by atoms with E-state index in [2.05, 4.69) is 20.0 Å². The zero-order chi connectivity index (χ0) is 27.0. The average molecular weight is 517 g/mol. The second-order valence-electron chi connectivity index (χ2n) is 9.48. The molecule has 0 bridgehead atoms. The van der Waals surface area contributed by atoms with Crippen molar-refractivity contribution in [2.75, 3.05) is 32.1 Å². The number of anilines is 1. The number of carbonyl (C=O) groups excluding carboxylic acids is 2. The lowest BCUT2D eigenvalue weighted by Gasteiger charge is -2.29. The molecule has 9 nitrogen and oxygen atoms in total. The van der Waals surface area contributed by atoms with Crippen LogP contribution in [0.2, 0.25) is 0 Å². The molecule has 38 heavy (non-hydrogen) atoms. The summed E-state index contributed by atoms with van der Waals surface area (Å²) in [6.45, 7) is 2.90. The molecule has 3 heterocycles. The lowest BCUT2D eigenvalue weighted by molar-refractivity contribution is -0.127. The van der Waals surface area contributed by atoms with E-state index in [1.54, 1.807) is 29.9 Å². The first kappa shape index (κ1) is 25.3. The summed E-state index contributed by atoms with van der Waals surface area (Å²) in [6, 6.07) is 10.0. The zero-order valence-electron chi connectivity index (χ0n) is 21.8. The molecule has 2 aromatic heterocycles. The van der Waals surface area contributed by atoms with Crippen LogP contribution >= 0.6 is 0 Å². The molecule has 0 aliphatic carbocycles. The van der Waals surface area contributed by atoms with E-state index in [0.29, 0.717) is 13.1 Å². The number of halogens is 1. The molecule has 196 valence electrons. The van der Waals surface area contributed by atoms with Crippen LogP contribution in [0.1, 0.15) is 29.4 Å². The number of fused-ring (bicyclic) bond motifs is 1. The Morgan fingerprint density at radius 3 is 2.76 bits per heavy atom. The molecule has 1 aliphatic rings. The van der Waals surface area contributed by atoms with Crippen LogP contribution in [0.5, 0.6) is 5.75 Å². The number of carbonyl (C=O) groups is 2. The Hall–Kier alpha value is -4.34. The number of Topliss-reactive ketones (excluding diaryl/α,β-unsaturated/α-hetero) is 1. The number of aryl methyl sites for hydroxylation is 1. The third-order valence-electron chi connectivity index (χ3n) is 7.21. The van der Waals surface area contributed by atoms with Crippen LogP contribution in [0, 0.1) is 5.82 Å². The van der Waals surface area contributed by atoms with E-state index < -0.39 is 5.82 Å². The number of nitrogens with zero attached hydrogens (tertiary/aromatic N) is 6. The monoisotopic (exact) mass is 516 g/mol. The number of ether oxygens (including phenoxy) is 1. The van der Waals surface area contributed by atoms with Gasteiger partial charge in [-0.1, -0.05) is 12.1 Å². The van der Waals surface area contributed by atoms with Crippen LogP contribution in [-0.4, -0.2) is 69.6 Å². The lowest BCUT2D eigenvalue weighted by atomic mass is 10.00. The predicted molar refractivity (Wildman–Crippen MR) is 142 cm³/mol. The van der Waals surface area contributed by atoms with E-state index in [9.17, 15) is 14.0 Å². The van der Waals surface area contributed by atoms with Crippen molar-refractivity contribution in [1.29, 1.82) is 0 Å². The molecule has 0 saturated carbocycles. The van der Waals surface area contributed by atoms with Crippen molar-refractivity contribution in [2.45, 2.75) is 25.8 Å². The number of likely N-dealkylation sites (N-methyl/N-ethyl adjacent to an activating group) is 1. The summed E-state index contributed by atoms with van der Waals surface area (Å²) in [5.41, 5.74) is 2.97. The van der Waals surface area contributed by atoms with E-state index in [1.165, 1.54) is 25.4 Å². The molecule has 1 saturated heterocycles. The van der Waals surface area contributed by atoms with Crippen molar-refractivity contribution in [3.8, 4) is 17.1 Å². The summed E-state index contributed by atoms with van der Waals surface area (Å²) in [5, 5.41) is 5.36. The van der Waals surface area contributed by atoms with Gasteiger partial charge in [-0.25, -0.2) is 14.4 Å². The van der Waals surface area contributed by atoms with Gasteiger partial charge in [-0.3, -0.25) is 14.3 Å². The first-order valence-corrected chi connectivity index (χ1v) is 12.4. The number of hydrogen-bond acceptors (Lipinski definition) is 7. The van der Waals surface area contributed by atoms with Gasteiger partial charge < -0.3 is 14.5 Å². The minimum atomic E-state index is -0.531. The maximum absolute atomic E-state index is 14.6. The highest BCUT2D eigenvalue weighted by Gasteiger charge is 2.30. The second kappa shape index (κ2) is 10.2. The van der Waals surface area contributed by atoms with Crippen LogP contribution in [0.25, 0.3) is 22.3 Å². The van der Waals surface area contributed by atoms with Crippen LogP contribution in [0.15, 0.2) is 48.8 Å². The van der Waals surface area contributed by atoms with E-state index in [4.69, 9.17) is 4.74 Å². The highest BCUT2D eigenvalue weighted by molar-refractivity contribution is 6.00. The number of amides is 1. The first-order chi connectivity index (χ1) is 18.3. The number of benzene rings is 2. The van der Waals surface area contributed by atoms with Crippen LogP contribution in [-0.2, 0) is 18.3 Å². The van der Waals surface area contributed by atoms with Crippen LogP contribution < -0.4 is 9.64 Å². The fourth-order valence-electron chi connectivity index (χ4n) is 5.13. The largest absolute Gasteiger partial charge is 0.496 e. The Balaban J connectivity index is 1.50. The summed E-state index contributed by atoms with van der Waals surface area (Å²) < 4.78 is 21.7. The molecule has 0 unspecified atom stereocenters. The summed E-state index contributed by atoms with van der Waals surface area (Å²) in [5.74, 6) is -0.325. The van der Waals surface area contributed by atoms with Gasteiger partial charge in [0.1, 0.15) is 17.3 Å². The quantitative estimate of drug-likeness (QED) is 0.346. The summed E-state index contributed by atoms with van der Waals surface area (Å²) in [6.07, 6.45) is 4.17. The van der Waals surface area contributed by atoms with Gasteiger partial charge in [0.25, 0.3) is 0 Å². The molecule has 1 atom stereocenters. The van der Waals surface area contributed by atoms with Gasteiger partial charge in [0.15, 0.2) is 11.6 Å². The Bertz CT molecular complexity index is 1530.